The molecule has 25 heavy (non-hydrogen) atoms. The van der Waals surface area contributed by atoms with Gasteiger partial charge in [-0.25, -0.2) is 0 Å². The van der Waals surface area contributed by atoms with E-state index in [1.807, 2.05) is 30.3 Å². The van der Waals surface area contributed by atoms with Gasteiger partial charge in [-0.15, -0.1) is 0 Å². The molecule has 2 aromatic carbocycles. The average molecular weight is 375 g/mol. The number of rotatable bonds is 3. The predicted octanol–water partition coefficient (Wildman–Crippen LogP) is 5.14. The first-order valence-electron chi connectivity index (χ1n) is 8.74. The lowest BCUT2D eigenvalue weighted by Gasteiger charge is -2.27. The minimum absolute atomic E-state index is 0.0307. The zero-order valence-corrected chi connectivity index (χ0v) is 15.5. The summed E-state index contributed by atoms with van der Waals surface area (Å²) in [5, 5.41) is 4.22. The van der Waals surface area contributed by atoms with Crippen LogP contribution in [0.1, 0.15) is 30.4 Å². The van der Waals surface area contributed by atoms with Crippen LogP contribution in [-0.4, -0.2) is 23.9 Å². The maximum Gasteiger partial charge on any atom is 0.228 e. The van der Waals surface area contributed by atoms with E-state index in [9.17, 15) is 4.79 Å². The summed E-state index contributed by atoms with van der Waals surface area (Å²) in [4.78, 5) is 14.0. The van der Waals surface area contributed by atoms with Crippen molar-refractivity contribution in [2.24, 2.45) is 0 Å². The van der Waals surface area contributed by atoms with Crippen LogP contribution < -0.4 is 5.32 Å². The van der Waals surface area contributed by atoms with E-state index in [0.29, 0.717) is 11.4 Å². The van der Waals surface area contributed by atoms with Crippen LogP contribution in [0.25, 0.3) is 11.1 Å². The van der Waals surface area contributed by atoms with E-state index in [1.165, 1.54) is 19.3 Å². The highest BCUT2D eigenvalue weighted by atomic mass is 35.5. The Bertz CT molecular complexity index is 829. The summed E-state index contributed by atoms with van der Waals surface area (Å²) >= 11 is 13.2. The van der Waals surface area contributed by atoms with Crippen LogP contribution in [0.3, 0.4) is 0 Å². The third-order valence-electron chi connectivity index (χ3n) is 5.03. The molecule has 1 amide bonds. The molecule has 1 saturated heterocycles. The number of nitrogens with one attached hydrogen (secondary N) is 1. The van der Waals surface area contributed by atoms with Crippen molar-refractivity contribution >= 4 is 34.8 Å². The van der Waals surface area contributed by atoms with Gasteiger partial charge in [0.05, 0.1) is 11.4 Å². The van der Waals surface area contributed by atoms with Crippen molar-refractivity contribution in [1.82, 2.24) is 4.90 Å². The van der Waals surface area contributed by atoms with Gasteiger partial charge < -0.3 is 5.32 Å². The number of fused-ring (bicyclic) bond motifs is 1. The monoisotopic (exact) mass is 374 g/mol. The quantitative estimate of drug-likeness (QED) is 0.806. The second kappa shape index (κ2) is 6.99. The Balaban J connectivity index is 1.68. The van der Waals surface area contributed by atoms with Crippen molar-refractivity contribution in [3.63, 3.8) is 0 Å². The molecule has 2 aliphatic rings. The Labute approximate surface area is 157 Å². The van der Waals surface area contributed by atoms with Crippen molar-refractivity contribution in [2.75, 3.05) is 18.4 Å². The molecule has 130 valence electrons. The number of carbonyl (C=O) groups is 1. The fourth-order valence-corrected chi connectivity index (χ4v) is 4.37. The second-order valence-corrected chi connectivity index (χ2v) is 7.61. The van der Waals surface area contributed by atoms with Gasteiger partial charge in [-0.2, -0.15) is 0 Å². The highest BCUT2D eigenvalue weighted by Gasteiger charge is 2.21. The first-order valence-corrected chi connectivity index (χ1v) is 9.50. The number of carbonyl (C=O) groups excluding carboxylic acids is 1. The van der Waals surface area contributed by atoms with Gasteiger partial charge in [0.2, 0.25) is 5.91 Å². The largest absolute Gasteiger partial charge is 0.326 e. The minimum atomic E-state index is 0.0307. The number of likely N-dealkylation sites (tertiary alicyclic amines) is 1. The molecule has 2 heterocycles. The van der Waals surface area contributed by atoms with Gasteiger partial charge in [0.15, 0.2) is 0 Å². The minimum Gasteiger partial charge on any atom is -0.326 e. The number of hydrogen-bond acceptors (Lipinski definition) is 2. The van der Waals surface area contributed by atoms with Crippen molar-refractivity contribution < 1.29 is 4.79 Å². The smallest absolute Gasteiger partial charge is 0.228 e. The fraction of sp³-hybridized carbons (Fsp3) is 0.350. The molecule has 0 spiro atoms. The summed E-state index contributed by atoms with van der Waals surface area (Å²) in [6, 6.07) is 9.88. The number of piperidine rings is 1. The summed E-state index contributed by atoms with van der Waals surface area (Å²) in [5.74, 6) is 0.0307. The van der Waals surface area contributed by atoms with E-state index >= 15 is 0 Å². The molecule has 1 N–H and O–H groups in total. The molecule has 0 aromatic heterocycles. The standard InChI is InChI=1S/C20H20Cl2N2O/c21-16-6-4-14(12-24-8-2-1-3-9-24)20(22)19(16)13-5-7-17-15(10-13)11-18(25)23-17/h4-7,10H,1-3,8-9,11-12H2,(H,23,25). The summed E-state index contributed by atoms with van der Waals surface area (Å²) in [5.41, 5.74) is 4.81. The Morgan fingerprint density at radius 3 is 2.64 bits per heavy atom. The lowest BCUT2D eigenvalue weighted by molar-refractivity contribution is -0.115. The molecule has 0 radical (unpaired) electrons. The number of benzene rings is 2. The van der Waals surface area contributed by atoms with Crippen molar-refractivity contribution in [1.29, 1.82) is 0 Å². The molecule has 0 bridgehead atoms. The van der Waals surface area contributed by atoms with Crippen LogP contribution in [0, 0.1) is 0 Å². The van der Waals surface area contributed by atoms with Crippen LogP contribution in [0.4, 0.5) is 5.69 Å². The van der Waals surface area contributed by atoms with Gasteiger partial charge in [-0.1, -0.05) is 41.8 Å². The summed E-state index contributed by atoms with van der Waals surface area (Å²) in [7, 11) is 0. The lowest BCUT2D eigenvalue weighted by Crippen LogP contribution is -2.29. The molecule has 3 nitrogen and oxygen atoms in total. The number of hydrogen-bond donors (Lipinski definition) is 1. The maximum absolute atomic E-state index is 11.6. The van der Waals surface area contributed by atoms with Gasteiger partial charge in [-0.3, -0.25) is 9.69 Å². The molecule has 4 rings (SSSR count). The molecule has 2 aromatic rings. The third kappa shape index (κ3) is 3.41. The molecular formula is C20H20Cl2N2O. The molecule has 0 saturated carbocycles. The Morgan fingerprint density at radius 1 is 1.04 bits per heavy atom. The Kier molecular flexibility index (Phi) is 4.72. The summed E-state index contributed by atoms with van der Waals surface area (Å²) in [6.45, 7) is 3.11. The van der Waals surface area contributed by atoms with E-state index in [0.717, 1.165) is 52.6 Å². The summed E-state index contributed by atoms with van der Waals surface area (Å²) in [6.07, 6.45) is 4.23. The van der Waals surface area contributed by atoms with Crippen LogP contribution >= 0.6 is 23.2 Å². The van der Waals surface area contributed by atoms with Crippen LogP contribution in [0.2, 0.25) is 10.0 Å². The lowest BCUT2D eigenvalue weighted by atomic mass is 9.99. The molecule has 2 aliphatic heterocycles. The van der Waals surface area contributed by atoms with E-state index < -0.39 is 0 Å². The van der Waals surface area contributed by atoms with E-state index in [4.69, 9.17) is 23.2 Å². The molecule has 0 atom stereocenters. The molecule has 1 fully saturated rings. The SMILES string of the molecule is O=C1Cc2cc(-c3c(Cl)ccc(CN4CCCCC4)c3Cl)ccc2N1. The topological polar surface area (TPSA) is 32.3 Å². The van der Waals surface area contributed by atoms with E-state index in [1.54, 1.807) is 0 Å². The summed E-state index contributed by atoms with van der Waals surface area (Å²) < 4.78 is 0. The zero-order chi connectivity index (χ0) is 17.4. The molecule has 0 unspecified atom stereocenters. The number of halogens is 2. The first kappa shape index (κ1) is 16.9. The van der Waals surface area contributed by atoms with Crippen molar-refractivity contribution in [3.05, 3.63) is 51.5 Å². The third-order valence-corrected chi connectivity index (χ3v) is 5.78. The van der Waals surface area contributed by atoms with Crippen LogP contribution in [0.5, 0.6) is 0 Å². The van der Waals surface area contributed by atoms with Crippen molar-refractivity contribution in [2.45, 2.75) is 32.2 Å². The maximum atomic E-state index is 11.6. The van der Waals surface area contributed by atoms with Gasteiger partial charge in [0.25, 0.3) is 0 Å². The van der Waals surface area contributed by atoms with E-state index in [2.05, 4.69) is 10.2 Å². The average Bonchev–Trinajstić information content (AvgIpc) is 2.98. The van der Waals surface area contributed by atoms with E-state index in [-0.39, 0.29) is 5.91 Å². The zero-order valence-electron chi connectivity index (χ0n) is 13.9. The van der Waals surface area contributed by atoms with Gasteiger partial charge in [-0.05, 0) is 60.8 Å². The number of anilines is 1. The van der Waals surface area contributed by atoms with Crippen molar-refractivity contribution in [3.8, 4) is 11.1 Å². The normalized spacial score (nSPS) is 17.4. The Hall–Kier alpha value is -1.55. The Morgan fingerprint density at radius 2 is 1.84 bits per heavy atom. The predicted molar refractivity (Wildman–Crippen MR) is 103 cm³/mol. The second-order valence-electron chi connectivity index (χ2n) is 6.83. The number of nitrogens with zero attached hydrogens (tertiary/aromatic N) is 1. The highest BCUT2D eigenvalue weighted by Crippen LogP contribution is 2.39. The molecule has 0 aliphatic carbocycles. The fourth-order valence-electron chi connectivity index (χ4n) is 3.73. The first-order chi connectivity index (χ1) is 12.1. The van der Waals surface area contributed by atoms with Gasteiger partial charge in [0, 0.05) is 22.8 Å². The van der Waals surface area contributed by atoms with Gasteiger partial charge >= 0.3 is 0 Å². The van der Waals surface area contributed by atoms with Crippen LogP contribution in [-0.2, 0) is 17.8 Å². The molecular weight excluding hydrogens is 355 g/mol. The van der Waals surface area contributed by atoms with Crippen LogP contribution in [0.15, 0.2) is 30.3 Å². The highest BCUT2D eigenvalue weighted by molar-refractivity contribution is 6.39. The molecule has 5 heteroatoms. The van der Waals surface area contributed by atoms with Gasteiger partial charge in [0.1, 0.15) is 0 Å². The number of amides is 1.